The molecule has 0 aromatic heterocycles. The first kappa shape index (κ1) is 27.8. The summed E-state index contributed by atoms with van der Waals surface area (Å²) in [7, 11) is 0. The van der Waals surface area contributed by atoms with Gasteiger partial charge in [-0.2, -0.15) is 0 Å². The molecule has 3 atom stereocenters. The number of anilines is 1. The van der Waals surface area contributed by atoms with Crippen molar-refractivity contribution >= 4 is 41.4 Å². The Morgan fingerprint density at radius 3 is 2.34 bits per heavy atom. The van der Waals surface area contributed by atoms with Gasteiger partial charge in [0.1, 0.15) is 12.1 Å². The molecule has 5 amide bonds. The molecular weight excluding hydrogens is 498 g/mol. The van der Waals surface area contributed by atoms with Crippen molar-refractivity contribution in [2.45, 2.75) is 37.4 Å². The van der Waals surface area contributed by atoms with Gasteiger partial charge in [-0.3, -0.25) is 19.2 Å². The van der Waals surface area contributed by atoms with Crippen molar-refractivity contribution in [2.24, 2.45) is 5.73 Å². The maximum absolute atomic E-state index is 12.9. The fraction of sp³-hybridized carbons (Fsp3) is 0.280. The van der Waals surface area contributed by atoms with Gasteiger partial charge in [-0.1, -0.05) is 36.4 Å². The number of carbonyl (C=O) groups excluding carboxylic acids is 4. The molecule has 7 N–H and O–H groups in total. The maximum atomic E-state index is 12.9. The van der Waals surface area contributed by atoms with Crippen LogP contribution in [0.3, 0.4) is 0 Å². The molecule has 1 aliphatic rings. The second-order valence-electron chi connectivity index (χ2n) is 8.47. The summed E-state index contributed by atoms with van der Waals surface area (Å²) in [6.07, 6.45) is 0.0469. The molecule has 200 valence electrons. The van der Waals surface area contributed by atoms with Gasteiger partial charge in [-0.15, -0.1) is 0 Å². The van der Waals surface area contributed by atoms with Crippen LogP contribution in [0.4, 0.5) is 10.5 Å². The predicted molar refractivity (Wildman–Crippen MR) is 133 cm³/mol. The van der Waals surface area contributed by atoms with E-state index in [1.807, 2.05) is 0 Å². The smallest absolute Gasteiger partial charge is 0.330 e. The van der Waals surface area contributed by atoms with E-state index in [1.54, 1.807) is 18.2 Å². The first-order valence-electron chi connectivity index (χ1n) is 11.7. The Bertz CT molecular complexity index is 1240. The molecule has 1 heterocycles. The number of nitrogens with one attached hydrogen (secondary N) is 3. The molecule has 0 bridgehead atoms. The third kappa shape index (κ3) is 6.70. The highest BCUT2D eigenvalue weighted by atomic mass is 16.4. The summed E-state index contributed by atoms with van der Waals surface area (Å²) in [5, 5.41) is 25.9. The molecule has 1 aliphatic heterocycles. The van der Waals surface area contributed by atoms with Crippen LogP contribution in [-0.4, -0.2) is 64.5 Å². The van der Waals surface area contributed by atoms with E-state index >= 15 is 0 Å². The molecule has 1 saturated heterocycles. The average molecular weight is 526 g/mol. The third-order valence-corrected chi connectivity index (χ3v) is 5.75. The highest BCUT2D eigenvalue weighted by Crippen LogP contribution is 2.22. The molecule has 0 saturated carbocycles. The molecule has 0 spiro atoms. The van der Waals surface area contributed by atoms with Gasteiger partial charge in [0.15, 0.2) is 6.04 Å². The van der Waals surface area contributed by atoms with Gasteiger partial charge >= 0.3 is 18.0 Å². The first-order valence-corrected chi connectivity index (χ1v) is 11.7. The first-order chi connectivity index (χ1) is 18.1. The number of rotatable bonds is 12. The lowest BCUT2D eigenvalue weighted by atomic mass is 10.1. The number of benzene rings is 2. The number of imide groups is 1. The van der Waals surface area contributed by atoms with Gasteiger partial charge in [-0.25, -0.2) is 14.5 Å². The topological polar surface area (TPSA) is 208 Å². The zero-order chi connectivity index (χ0) is 27.8. The average Bonchev–Trinajstić information content (AvgIpc) is 3.17. The highest BCUT2D eigenvalue weighted by Gasteiger charge is 2.38. The summed E-state index contributed by atoms with van der Waals surface area (Å²) in [6, 6.07) is 8.71. The Kier molecular flexibility index (Phi) is 9.11. The van der Waals surface area contributed by atoms with E-state index in [4.69, 9.17) is 5.73 Å². The fourth-order valence-corrected chi connectivity index (χ4v) is 3.88. The normalized spacial score (nSPS) is 16.3. The molecular formula is C25H27N5O8. The van der Waals surface area contributed by atoms with E-state index in [0.29, 0.717) is 19.4 Å². The lowest BCUT2D eigenvalue weighted by Gasteiger charge is -2.21. The molecule has 0 aliphatic carbocycles. The van der Waals surface area contributed by atoms with Gasteiger partial charge < -0.3 is 31.9 Å². The number of urea groups is 1. The number of amides is 5. The monoisotopic (exact) mass is 525 g/mol. The van der Waals surface area contributed by atoms with Crippen LogP contribution in [0, 0.1) is 0 Å². The minimum absolute atomic E-state index is 0.0606. The van der Waals surface area contributed by atoms with E-state index in [0.717, 1.165) is 4.90 Å². The number of nitrogens with two attached hydrogens (primary N) is 1. The molecule has 3 rings (SSSR count). The van der Waals surface area contributed by atoms with Gasteiger partial charge in [0.05, 0.1) is 12.1 Å². The van der Waals surface area contributed by atoms with Crippen LogP contribution in [0.15, 0.2) is 54.6 Å². The minimum Gasteiger partial charge on any atom is -0.481 e. The van der Waals surface area contributed by atoms with E-state index in [9.17, 15) is 39.0 Å². The summed E-state index contributed by atoms with van der Waals surface area (Å²) in [5.41, 5.74) is 5.76. The van der Waals surface area contributed by atoms with E-state index in [-0.39, 0.29) is 16.8 Å². The molecule has 2 aromatic rings. The molecule has 38 heavy (non-hydrogen) atoms. The second-order valence-corrected chi connectivity index (χ2v) is 8.47. The van der Waals surface area contributed by atoms with Crippen LogP contribution in [0.2, 0.25) is 0 Å². The molecule has 0 unspecified atom stereocenters. The number of hydrogen-bond donors (Lipinski definition) is 6. The zero-order valence-electron chi connectivity index (χ0n) is 20.1. The van der Waals surface area contributed by atoms with Crippen molar-refractivity contribution in [1.29, 1.82) is 0 Å². The van der Waals surface area contributed by atoms with Crippen LogP contribution < -0.4 is 26.6 Å². The Morgan fingerprint density at radius 1 is 1.00 bits per heavy atom. The van der Waals surface area contributed by atoms with Gasteiger partial charge in [-0.05, 0) is 43.1 Å². The summed E-state index contributed by atoms with van der Waals surface area (Å²) in [6.45, 7) is 0.346. The van der Waals surface area contributed by atoms with Gasteiger partial charge in [0, 0.05) is 5.56 Å². The molecule has 13 nitrogen and oxygen atoms in total. The van der Waals surface area contributed by atoms with Crippen molar-refractivity contribution < 1.29 is 39.0 Å². The number of carboxylic acids is 2. The van der Waals surface area contributed by atoms with Crippen LogP contribution in [-0.2, 0) is 19.2 Å². The second kappa shape index (κ2) is 12.5. The zero-order valence-corrected chi connectivity index (χ0v) is 20.1. The molecule has 2 aromatic carbocycles. The van der Waals surface area contributed by atoms with E-state index in [2.05, 4.69) is 16.0 Å². The number of carbonyl (C=O) groups is 6. The van der Waals surface area contributed by atoms with Gasteiger partial charge in [0.25, 0.3) is 11.8 Å². The lowest BCUT2D eigenvalue weighted by molar-refractivity contribution is -0.143. The van der Waals surface area contributed by atoms with Crippen molar-refractivity contribution in [2.75, 3.05) is 11.4 Å². The molecule has 13 heteroatoms. The van der Waals surface area contributed by atoms with Crippen molar-refractivity contribution in [3.05, 3.63) is 65.7 Å². The SMILES string of the molecule is NCCC[C@@H]1NC(=O)N(c2cccc(C(=O)N[C@@H](CC(=O)O)C(=O)N[C@H](C(=O)O)c3ccccc3)c2)C1=O. The third-order valence-electron chi connectivity index (χ3n) is 5.75. The Labute approximate surface area is 217 Å². The van der Waals surface area contributed by atoms with Crippen LogP contribution in [0.25, 0.3) is 0 Å². The van der Waals surface area contributed by atoms with E-state index in [1.165, 1.54) is 36.4 Å². The van der Waals surface area contributed by atoms with Crippen molar-refractivity contribution in [3.63, 3.8) is 0 Å². The van der Waals surface area contributed by atoms with Crippen molar-refractivity contribution in [3.8, 4) is 0 Å². The van der Waals surface area contributed by atoms with Gasteiger partial charge in [0.2, 0.25) is 5.91 Å². The lowest BCUT2D eigenvalue weighted by Crippen LogP contribution is -2.49. The Hall–Kier alpha value is -4.78. The summed E-state index contributed by atoms with van der Waals surface area (Å²) >= 11 is 0. The number of carboxylic acid groups (broad SMARTS) is 2. The highest BCUT2D eigenvalue weighted by molar-refractivity contribution is 6.21. The van der Waals surface area contributed by atoms with Crippen LogP contribution >= 0.6 is 0 Å². The van der Waals surface area contributed by atoms with Crippen LogP contribution in [0.5, 0.6) is 0 Å². The summed E-state index contributed by atoms with van der Waals surface area (Å²) in [5.74, 6) is -5.19. The summed E-state index contributed by atoms with van der Waals surface area (Å²) in [4.78, 5) is 74.9. The standard InChI is InChI=1S/C25H27N5O8/c26-11-5-10-17-23(35)30(25(38)28-17)16-9-4-8-15(12-16)21(33)27-18(13-19(31)32)22(34)29-20(24(36)37)14-6-2-1-3-7-14/h1-4,6-9,12,17-18,20H,5,10-11,13,26H2,(H,27,33)(H,28,38)(H,29,34)(H,31,32)(H,36,37)/t17-,18-,20-/m0/s1. The van der Waals surface area contributed by atoms with Crippen LogP contribution in [0.1, 0.15) is 41.2 Å². The fourth-order valence-electron chi connectivity index (χ4n) is 3.88. The predicted octanol–water partition coefficient (Wildman–Crippen LogP) is 0.366. The minimum atomic E-state index is -1.62. The van der Waals surface area contributed by atoms with Crippen molar-refractivity contribution in [1.82, 2.24) is 16.0 Å². The number of hydrogen-bond acceptors (Lipinski definition) is 7. The van der Waals surface area contributed by atoms with E-state index < -0.39 is 60.2 Å². The molecule has 0 radical (unpaired) electrons. The largest absolute Gasteiger partial charge is 0.481 e. The number of nitrogens with zero attached hydrogens (tertiary/aromatic N) is 1. The molecule has 1 fully saturated rings. The Morgan fingerprint density at radius 2 is 1.71 bits per heavy atom. The summed E-state index contributed by atoms with van der Waals surface area (Å²) < 4.78 is 0. The Balaban J connectivity index is 1.77. The quantitative estimate of drug-likeness (QED) is 0.211. The maximum Gasteiger partial charge on any atom is 0.330 e. The number of aliphatic carboxylic acids is 2.